The van der Waals surface area contributed by atoms with Crippen LogP contribution < -0.4 is 5.32 Å². The van der Waals surface area contributed by atoms with Gasteiger partial charge in [-0.05, 0) is 12.8 Å². The molecule has 0 radical (unpaired) electrons. The lowest BCUT2D eigenvalue weighted by molar-refractivity contribution is -0.220. The van der Waals surface area contributed by atoms with Gasteiger partial charge in [0.25, 0.3) is 0 Å². The van der Waals surface area contributed by atoms with Crippen LogP contribution in [-0.4, -0.2) is 108 Å². The molecule has 1 aliphatic rings. The molecule has 0 aromatic heterocycles. The molecular weight excluding hydrogens is 898 g/mol. The smallest absolute Gasteiger partial charge is 0.393 e. The van der Waals surface area contributed by atoms with Gasteiger partial charge in [-0.15, -0.1) is 0 Å². The molecule has 9 N–H and O–H groups in total. The Balaban J connectivity index is 2.37. The molecule has 0 spiro atoms. The fourth-order valence-corrected chi connectivity index (χ4v) is 10.7. The molecule has 1 aliphatic carbocycles. The first-order valence-electron chi connectivity index (χ1n) is 29.1. The van der Waals surface area contributed by atoms with Crippen molar-refractivity contribution in [1.82, 2.24) is 5.32 Å². The van der Waals surface area contributed by atoms with Gasteiger partial charge >= 0.3 is 7.82 Å². The van der Waals surface area contributed by atoms with E-state index in [0.717, 1.165) is 51.4 Å². The van der Waals surface area contributed by atoms with Crippen molar-refractivity contribution < 1.29 is 59.0 Å². The number of hydrogen-bond donors (Lipinski definition) is 9. The third-order valence-corrected chi connectivity index (χ3v) is 15.5. The SMILES string of the molecule is CCCCCCCCCCCCCCCCCCCCCCCC(O)CC(=O)NC(COP(=O)(O)OC1C(O)C(O)C(O)C(O)C1O)C(O)CCCCCCCCCCCCCCCCCCCC. The molecule has 69 heavy (non-hydrogen) atoms. The molecule has 412 valence electrons. The average molecular weight is 1010 g/mol. The number of carbonyl (C=O) groups is 1. The van der Waals surface area contributed by atoms with Crippen molar-refractivity contribution in [2.45, 2.75) is 338 Å². The van der Waals surface area contributed by atoms with Gasteiger partial charge in [0.2, 0.25) is 5.91 Å². The van der Waals surface area contributed by atoms with Crippen LogP contribution in [-0.2, 0) is 18.4 Å². The van der Waals surface area contributed by atoms with Gasteiger partial charge < -0.3 is 46.0 Å². The summed E-state index contributed by atoms with van der Waals surface area (Å²) in [5.74, 6) is -0.552. The fraction of sp³-hybridized carbons (Fsp3) is 0.982. The van der Waals surface area contributed by atoms with Crippen LogP contribution in [0.2, 0.25) is 0 Å². The zero-order valence-corrected chi connectivity index (χ0v) is 45.2. The molecule has 0 aromatic rings. The third-order valence-electron chi connectivity index (χ3n) is 14.5. The minimum atomic E-state index is -5.12. The molecule has 1 rings (SSSR count). The molecule has 14 heteroatoms. The maximum atomic E-state index is 13.1. The highest BCUT2D eigenvalue weighted by Gasteiger charge is 2.51. The lowest BCUT2D eigenvalue weighted by Crippen LogP contribution is -2.64. The van der Waals surface area contributed by atoms with Crippen LogP contribution in [0, 0.1) is 0 Å². The minimum Gasteiger partial charge on any atom is -0.393 e. The summed E-state index contributed by atoms with van der Waals surface area (Å²) >= 11 is 0. The van der Waals surface area contributed by atoms with Crippen molar-refractivity contribution in [3.63, 3.8) is 0 Å². The Labute approximate surface area is 421 Å². The number of carbonyl (C=O) groups excluding carboxylic acids is 1. The highest BCUT2D eigenvalue weighted by atomic mass is 31.2. The molecule has 1 fully saturated rings. The van der Waals surface area contributed by atoms with Gasteiger partial charge in [0.05, 0.1) is 31.3 Å². The van der Waals surface area contributed by atoms with Crippen molar-refractivity contribution >= 4 is 13.7 Å². The zero-order valence-electron chi connectivity index (χ0n) is 44.3. The maximum absolute atomic E-state index is 13.1. The number of unbranched alkanes of at least 4 members (excludes halogenated alkanes) is 37. The van der Waals surface area contributed by atoms with Gasteiger partial charge in [-0.3, -0.25) is 13.8 Å². The van der Waals surface area contributed by atoms with Crippen molar-refractivity contribution in [2.24, 2.45) is 0 Å². The predicted octanol–water partition coefficient (Wildman–Crippen LogP) is 11.9. The fourth-order valence-electron chi connectivity index (χ4n) is 9.78. The Morgan fingerprint density at radius 1 is 0.449 bits per heavy atom. The molecule has 1 amide bonds. The van der Waals surface area contributed by atoms with Crippen LogP contribution >= 0.6 is 7.82 Å². The van der Waals surface area contributed by atoms with E-state index in [1.165, 1.54) is 193 Å². The minimum absolute atomic E-state index is 0.215. The molecule has 0 heterocycles. The molecule has 13 nitrogen and oxygen atoms in total. The van der Waals surface area contributed by atoms with Gasteiger partial charge in [0.15, 0.2) is 0 Å². The van der Waals surface area contributed by atoms with Crippen LogP contribution in [0.15, 0.2) is 0 Å². The van der Waals surface area contributed by atoms with Gasteiger partial charge in [0, 0.05) is 0 Å². The normalized spacial score (nSPS) is 21.8. The van der Waals surface area contributed by atoms with Crippen LogP contribution in [0.1, 0.15) is 284 Å². The average Bonchev–Trinajstić information content (AvgIpc) is 3.32. The van der Waals surface area contributed by atoms with Gasteiger partial charge in [-0.25, -0.2) is 4.57 Å². The number of aliphatic hydroxyl groups excluding tert-OH is 7. The molecule has 0 saturated heterocycles. The van der Waals surface area contributed by atoms with E-state index in [0.29, 0.717) is 12.8 Å². The first kappa shape index (κ1) is 66.3. The second-order valence-corrected chi connectivity index (χ2v) is 22.5. The quantitative estimate of drug-likeness (QED) is 0.0205. The lowest BCUT2D eigenvalue weighted by atomic mass is 9.85. The van der Waals surface area contributed by atoms with E-state index in [9.17, 15) is 50.0 Å². The molecule has 0 aliphatic heterocycles. The van der Waals surface area contributed by atoms with Crippen molar-refractivity contribution in [3.8, 4) is 0 Å². The van der Waals surface area contributed by atoms with E-state index in [2.05, 4.69) is 19.2 Å². The summed E-state index contributed by atoms with van der Waals surface area (Å²) in [6.45, 7) is 3.85. The van der Waals surface area contributed by atoms with Gasteiger partial charge in [0.1, 0.15) is 36.6 Å². The van der Waals surface area contributed by atoms with Crippen LogP contribution in [0.3, 0.4) is 0 Å². The Bertz CT molecular complexity index is 1190. The van der Waals surface area contributed by atoms with E-state index >= 15 is 0 Å². The summed E-state index contributed by atoms with van der Waals surface area (Å²) in [5, 5.41) is 75.1. The second-order valence-electron chi connectivity index (χ2n) is 21.0. The Hall–Kier alpha value is -0.700. The second kappa shape index (κ2) is 44.8. The van der Waals surface area contributed by atoms with Crippen LogP contribution in [0.4, 0.5) is 0 Å². The molecule has 0 aromatic carbocycles. The predicted molar refractivity (Wildman–Crippen MR) is 280 cm³/mol. The van der Waals surface area contributed by atoms with E-state index in [4.69, 9.17) is 9.05 Å². The zero-order chi connectivity index (χ0) is 50.8. The number of phosphoric acid groups is 1. The number of amides is 1. The standard InChI is InChI=1S/C55H110NO12P/c1-3-5-7-9-11-13-15-17-19-21-23-24-25-26-28-30-32-34-36-38-40-42-46(57)44-49(59)56-47(45-67-69(65,66)68-55-53(63)51(61)50(60)52(62)54(55)64)48(58)43-41-39-37-35-33-31-29-27-22-20-18-16-14-12-10-8-6-4-2/h46-48,50-55,57-58,60-64H,3-45H2,1-2H3,(H,56,59)(H,65,66). The topological polar surface area (TPSA) is 226 Å². The molecule has 8 atom stereocenters. The Kier molecular flexibility index (Phi) is 43.0. The Morgan fingerprint density at radius 2 is 0.725 bits per heavy atom. The first-order valence-corrected chi connectivity index (χ1v) is 30.6. The van der Waals surface area contributed by atoms with E-state index in [-0.39, 0.29) is 12.8 Å². The summed E-state index contributed by atoms with van der Waals surface area (Å²) in [6, 6.07) is -1.15. The molecular formula is C55H110NO12P. The number of phosphoric ester groups is 1. The van der Waals surface area contributed by atoms with Crippen molar-refractivity contribution in [3.05, 3.63) is 0 Å². The number of aliphatic hydroxyl groups is 7. The third kappa shape index (κ3) is 36.0. The van der Waals surface area contributed by atoms with Gasteiger partial charge in [-0.2, -0.15) is 0 Å². The van der Waals surface area contributed by atoms with Crippen molar-refractivity contribution in [2.75, 3.05) is 6.61 Å². The first-order chi connectivity index (χ1) is 33.3. The maximum Gasteiger partial charge on any atom is 0.472 e. The molecule has 8 unspecified atom stereocenters. The summed E-state index contributed by atoms with van der Waals surface area (Å²) in [7, 11) is -5.12. The van der Waals surface area contributed by atoms with E-state index < -0.39 is 75.2 Å². The molecule has 0 bridgehead atoms. The Morgan fingerprint density at radius 3 is 1.04 bits per heavy atom. The number of nitrogens with one attached hydrogen (secondary N) is 1. The van der Waals surface area contributed by atoms with E-state index in [1.807, 2.05) is 0 Å². The summed E-state index contributed by atoms with van der Waals surface area (Å²) in [6.07, 6.45) is 35.7. The summed E-state index contributed by atoms with van der Waals surface area (Å²) in [4.78, 5) is 23.6. The van der Waals surface area contributed by atoms with E-state index in [1.54, 1.807) is 0 Å². The monoisotopic (exact) mass is 1010 g/mol. The highest BCUT2D eigenvalue weighted by Crippen LogP contribution is 2.47. The van der Waals surface area contributed by atoms with Gasteiger partial charge in [-0.1, -0.05) is 264 Å². The summed E-state index contributed by atoms with van der Waals surface area (Å²) in [5.41, 5.74) is 0. The largest absolute Gasteiger partial charge is 0.472 e. The van der Waals surface area contributed by atoms with Crippen LogP contribution in [0.25, 0.3) is 0 Å². The van der Waals surface area contributed by atoms with Crippen molar-refractivity contribution in [1.29, 1.82) is 0 Å². The highest BCUT2D eigenvalue weighted by molar-refractivity contribution is 7.47. The number of rotatable bonds is 50. The van der Waals surface area contributed by atoms with Crippen LogP contribution in [0.5, 0.6) is 0 Å². The number of hydrogen-bond acceptors (Lipinski definition) is 11. The summed E-state index contributed by atoms with van der Waals surface area (Å²) < 4.78 is 23.1. The molecule has 1 saturated carbocycles. The lowest BCUT2D eigenvalue weighted by Gasteiger charge is -2.41.